The van der Waals surface area contributed by atoms with Crippen molar-refractivity contribution in [2.24, 2.45) is 0 Å². The summed E-state index contributed by atoms with van der Waals surface area (Å²) < 4.78 is 13.2. The van der Waals surface area contributed by atoms with Crippen molar-refractivity contribution in [2.45, 2.75) is 6.92 Å². The second-order valence-corrected chi connectivity index (χ2v) is 5.94. The lowest BCUT2D eigenvalue weighted by molar-refractivity contribution is -0.117. The van der Waals surface area contributed by atoms with Crippen LogP contribution < -0.4 is 10.2 Å². The van der Waals surface area contributed by atoms with Crippen molar-refractivity contribution in [2.75, 3.05) is 42.9 Å². The molecule has 0 saturated carbocycles. The Bertz CT molecular complexity index is 714. The van der Waals surface area contributed by atoms with Crippen molar-refractivity contribution in [3.8, 4) is 0 Å². The van der Waals surface area contributed by atoms with Crippen molar-refractivity contribution in [1.29, 1.82) is 0 Å². The summed E-state index contributed by atoms with van der Waals surface area (Å²) in [5.41, 5.74) is 1.90. The number of aromatic nitrogens is 1. The predicted molar refractivity (Wildman–Crippen MR) is 92.7 cm³/mol. The van der Waals surface area contributed by atoms with E-state index < -0.39 is 5.95 Å². The van der Waals surface area contributed by atoms with E-state index in [9.17, 15) is 9.18 Å². The molecule has 0 radical (unpaired) electrons. The lowest BCUT2D eigenvalue weighted by Gasteiger charge is -2.35. The van der Waals surface area contributed by atoms with Gasteiger partial charge in [-0.3, -0.25) is 9.69 Å². The number of carbonyl (C=O) groups excluding carboxylic acids is 1. The van der Waals surface area contributed by atoms with Crippen molar-refractivity contribution in [3.63, 3.8) is 0 Å². The number of benzene rings is 1. The van der Waals surface area contributed by atoms with Gasteiger partial charge in [-0.2, -0.15) is 4.39 Å². The summed E-state index contributed by atoms with van der Waals surface area (Å²) in [7, 11) is 0. The molecular formula is C18H21FN4O. The van der Waals surface area contributed by atoms with Crippen LogP contribution in [0.1, 0.15) is 5.56 Å². The van der Waals surface area contributed by atoms with Gasteiger partial charge in [-0.15, -0.1) is 0 Å². The molecule has 1 amide bonds. The second-order valence-electron chi connectivity index (χ2n) is 5.94. The van der Waals surface area contributed by atoms with Crippen LogP contribution in [-0.4, -0.2) is 48.5 Å². The molecule has 0 unspecified atom stereocenters. The molecule has 0 aliphatic carbocycles. The van der Waals surface area contributed by atoms with E-state index in [-0.39, 0.29) is 5.91 Å². The Morgan fingerprint density at radius 2 is 1.88 bits per heavy atom. The number of hydrogen-bond donors (Lipinski definition) is 1. The number of piperazine rings is 1. The Hall–Kier alpha value is -2.47. The first kappa shape index (κ1) is 16.4. The Morgan fingerprint density at radius 3 is 2.58 bits per heavy atom. The number of nitrogens with zero attached hydrogens (tertiary/aromatic N) is 3. The minimum atomic E-state index is -0.465. The topological polar surface area (TPSA) is 48.5 Å². The minimum Gasteiger partial charge on any atom is -0.354 e. The highest BCUT2D eigenvalue weighted by atomic mass is 19.1. The van der Waals surface area contributed by atoms with E-state index in [1.54, 1.807) is 6.07 Å². The summed E-state index contributed by atoms with van der Waals surface area (Å²) in [5.74, 6) is 0.174. The minimum absolute atomic E-state index is 0.0124. The van der Waals surface area contributed by atoms with Crippen LogP contribution in [0.5, 0.6) is 0 Å². The summed E-state index contributed by atoms with van der Waals surface area (Å²) in [6, 6.07) is 12.6. The van der Waals surface area contributed by atoms with Crippen LogP contribution in [0.15, 0.2) is 42.5 Å². The van der Waals surface area contributed by atoms with Gasteiger partial charge in [0.1, 0.15) is 5.82 Å². The smallest absolute Gasteiger partial charge is 0.238 e. The lowest BCUT2D eigenvalue weighted by Crippen LogP contribution is -2.49. The van der Waals surface area contributed by atoms with Gasteiger partial charge in [0.05, 0.1) is 6.54 Å². The van der Waals surface area contributed by atoms with Crippen molar-refractivity contribution < 1.29 is 9.18 Å². The van der Waals surface area contributed by atoms with E-state index in [0.717, 1.165) is 37.4 Å². The third-order valence-corrected chi connectivity index (χ3v) is 4.18. The third kappa shape index (κ3) is 4.08. The molecule has 2 aromatic rings. The molecule has 24 heavy (non-hydrogen) atoms. The monoisotopic (exact) mass is 328 g/mol. The summed E-state index contributed by atoms with van der Waals surface area (Å²) in [5, 5.41) is 2.95. The van der Waals surface area contributed by atoms with Gasteiger partial charge in [0.2, 0.25) is 11.9 Å². The number of carbonyl (C=O) groups is 1. The number of hydrogen-bond acceptors (Lipinski definition) is 4. The van der Waals surface area contributed by atoms with Gasteiger partial charge in [0, 0.05) is 31.9 Å². The van der Waals surface area contributed by atoms with Crippen LogP contribution in [-0.2, 0) is 4.79 Å². The zero-order valence-electron chi connectivity index (χ0n) is 13.7. The molecule has 1 aliphatic heterocycles. The highest BCUT2D eigenvalue weighted by molar-refractivity contribution is 5.92. The summed E-state index contributed by atoms with van der Waals surface area (Å²) in [6.07, 6.45) is 0. The summed E-state index contributed by atoms with van der Waals surface area (Å²) in [4.78, 5) is 20.3. The van der Waals surface area contributed by atoms with E-state index in [1.165, 1.54) is 6.07 Å². The highest BCUT2D eigenvalue weighted by Gasteiger charge is 2.20. The normalized spacial score (nSPS) is 15.3. The SMILES string of the molecule is Cc1ccccc1NC(=O)CN1CCN(c2cccc(F)n2)CC1. The van der Waals surface area contributed by atoms with E-state index >= 15 is 0 Å². The summed E-state index contributed by atoms with van der Waals surface area (Å²) in [6.45, 7) is 5.29. The Kier molecular flexibility index (Phi) is 5.05. The van der Waals surface area contributed by atoms with Crippen molar-refractivity contribution in [3.05, 3.63) is 54.0 Å². The number of para-hydroxylation sites is 1. The zero-order chi connectivity index (χ0) is 16.9. The highest BCUT2D eigenvalue weighted by Crippen LogP contribution is 2.15. The number of rotatable bonds is 4. The van der Waals surface area contributed by atoms with Gasteiger partial charge in [0.15, 0.2) is 0 Å². The van der Waals surface area contributed by atoms with Crippen LogP contribution in [0, 0.1) is 12.9 Å². The average Bonchev–Trinajstić information content (AvgIpc) is 2.58. The van der Waals surface area contributed by atoms with Gasteiger partial charge in [-0.25, -0.2) is 4.98 Å². The van der Waals surface area contributed by atoms with Gasteiger partial charge >= 0.3 is 0 Å². The molecular weight excluding hydrogens is 307 g/mol. The number of anilines is 2. The van der Waals surface area contributed by atoms with Crippen LogP contribution in [0.2, 0.25) is 0 Å². The molecule has 0 atom stereocenters. The largest absolute Gasteiger partial charge is 0.354 e. The quantitative estimate of drug-likeness (QED) is 0.875. The molecule has 1 aromatic heterocycles. The predicted octanol–water partition coefficient (Wildman–Crippen LogP) is 2.29. The maximum absolute atomic E-state index is 13.2. The van der Waals surface area contributed by atoms with Crippen LogP contribution >= 0.6 is 0 Å². The standard InChI is InChI=1S/C18H21FN4O/c1-14-5-2-3-6-15(14)20-18(24)13-22-9-11-23(12-10-22)17-8-4-7-16(19)21-17/h2-8H,9-13H2,1H3,(H,20,24). The molecule has 1 N–H and O–H groups in total. The van der Waals surface area contributed by atoms with Gasteiger partial charge in [-0.1, -0.05) is 24.3 Å². The van der Waals surface area contributed by atoms with Gasteiger partial charge in [0.25, 0.3) is 0 Å². The molecule has 1 saturated heterocycles. The number of aryl methyl sites for hydroxylation is 1. The first-order chi connectivity index (χ1) is 11.6. The van der Waals surface area contributed by atoms with Gasteiger partial charge < -0.3 is 10.2 Å². The average molecular weight is 328 g/mol. The van der Waals surface area contributed by atoms with Crippen LogP contribution in [0.3, 0.4) is 0 Å². The maximum Gasteiger partial charge on any atom is 0.238 e. The molecule has 5 nitrogen and oxygen atoms in total. The van der Waals surface area contributed by atoms with Crippen LogP contribution in [0.25, 0.3) is 0 Å². The number of halogens is 1. The molecule has 1 fully saturated rings. The number of nitrogens with one attached hydrogen (secondary N) is 1. The first-order valence-corrected chi connectivity index (χ1v) is 8.07. The molecule has 1 aliphatic rings. The molecule has 6 heteroatoms. The van der Waals surface area contributed by atoms with E-state index in [1.807, 2.05) is 42.2 Å². The first-order valence-electron chi connectivity index (χ1n) is 8.07. The zero-order valence-corrected chi connectivity index (χ0v) is 13.7. The third-order valence-electron chi connectivity index (χ3n) is 4.18. The lowest BCUT2D eigenvalue weighted by atomic mass is 10.2. The van der Waals surface area contributed by atoms with E-state index in [2.05, 4.69) is 15.2 Å². The fourth-order valence-corrected chi connectivity index (χ4v) is 2.81. The van der Waals surface area contributed by atoms with E-state index in [0.29, 0.717) is 12.4 Å². The number of pyridine rings is 1. The molecule has 126 valence electrons. The van der Waals surface area contributed by atoms with Crippen LogP contribution in [0.4, 0.5) is 15.9 Å². The van der Waals surface area contributed by atoms with Crippen molar-refractivity contribution in [1.82, 2.24) is 9.88 Å². The molecule has 0 bridgehead atoms. The second kappa shape index (κ2) is 7.40. The molecule has 3 rings (SSSR count). The Balaban J connectivity index is 1.50. The fraction of sp³-hybridized carbons (Fsp3) is 0.333. The molecule has 0 spiro atoms. The van der Waals surface area contributed by atoms with E-state index in [4.69, 9.17) is 0 Å². The van der Waals surface area contributed by atoms with Crippen molar-refractivity contribution >= 4 is 17.4 Å². The molecule has 1 aromatic carbocycles. The Labute approximate surface area is 141 Å². The maximum atomic E-state index is 13.2. The number of amides is 1. The van der Waals surface area contributed by atoms with Gasteiger partial charge in [-0.05, 0) is 30.7 Å². The Morgan fingerprint density at radius 1 is 1.12 bits per heavy atom. The molecule has 2 heterocycles. The fourth-order valence-electron chi connectivity index (χ4n) is 2.81. The summed E-state index contributed by atoms with van der Waals surface area (Å²) >= 11 is 0.